The van der Waals surface area contributed by atoms with E-state index in [2.05, 4.69) is 13.0 Å². The summed E-state index contributed by atoms with van der Waals surface area (Å²) in [6.07, 6.45) is 9.52. The fourth-order valence-corrected chi connectivity index (χ4v) is 3.02. The largest absolute Gasteiger partial charge is 0.315 e. The summed E-state index contributed by atoms with van der Waals surface area (Å²) in [6.45, 7) is 3.09. The van der Waals surface area contributed by atoms with Crippen molar-refractivity contribution in [1.82, 2.24) is 4.57 Å². The number of aryl methyl sites for hydroxylation is 1. The van der Waals surface area contributed by atoms with Gasteiger partial charge in [-0.3, -0.25) is 4.79 Å². The van der Waals surface area contributed by atoms with Gasteiger partial charge in [0.25, 0.3) is 5.56 Å². The molecule has 2 nitrogen and oxygen atoms in total. The molecule has 98 valence electrons. The zero-order chi connectivity index (χ0) is 12.8. The van der Waals surface area contributed by atoms with Crippen molar-refractivity contribution in [2.45, 2.75) is 52.0 Å². The zero-order valence-corrected chi connectivity index (χ0v) is 11.8. The van der Waals surface area contributed by atoms with Crippen LogP contribution in [-0.4, -0.2) is 4.57 Å². The monoisotopic (exact) mass is 263 g/mol. The summed E-state index contributed by atoms with van der Waals surface area (Å²) in [4.78, 5) is 12.1. The predicted molar refractivity (Wildman–Crippen MR) is 79.5 cm³/mol. The maximum absolute atomic E-state index is 12.1. The van der Waals surface area contributed by atoms with E-state index < -0.39 is 0 Å². The van der Waals surface area contributed by atoms with E-state index in [1.165, 1.54) is 32.1 Å². The molecule has 0 fully saturated rings. The minimum absolute atomic E-state index is 0.169. The van der Waals surface area contributed by atoms with Crippen LogP contribution in [0.3, 0.4) is 0 Å². The minimum Gasteiger partial charge on any atom is -0.315 e. The number of fused-ring (bicyclic) bond motifs is 1. The second-order valence-corrected chi connectivity index (χ2v) is 5.73. The van der Waals surface area contributed by atoms with E-state index in [9.17, 15) is 4.79 Å². The van der Waals surface area contributed by atoms with Gasteiger partial charge in [-0.2, -0.15) is 0 Å². The number of hydrogen-bond donors (Lipinski definition) is 0. The van der Waals surface area contributed by atoms with Crippen LogP contribution in [0.1, 0.15) is 45.4 Å². The molecular weight excluding hydrogens is 242 g/mol. The number of thiophene rings is 1. The van der Waals surface area contributed by atoms with E-state index >= 15 is 0 Å². The van der Waals surface area contributed by atoms with E-state index in [4.69, 9.17) is 0 Å². The average Bonchev–Trinajstić information content (AvgIpc) is 2.85. The Morgan fingerprint density at radius 3 is 2.72 bits per heavy atom. The lowest BCUT2D eigenvalue weighted by molar-refractivity contribution is 0.551. The molecule has 0 unspecified atom stereocenters. The van der Waals surface area contributed by atoms with Gasteiger partial charge in [-0.25, -0.2) is 0 Å². The van der Waals surface area contributed by atoms with E-state index in [1.807, 2.05) is 22.2 Å². The van der Waals surface area contributed by atoms with Crippen LogP contribution in [0.4, 0.5) is 0 Å². The van der Waals surface area contributed by atoms with Crippen molar-refractivity contribution >= 4 is 21.4 Å². The number of nitrogens with zero attached hydrogens (tertiary/aromatic N) is 1. The molecule has 0 saturated heterocycles. The third kappa shape index (κ3) is 3.22. The van der Waals surface area contributed by atoms with Gasteiger partial charge >= 0.3 is 0 Å². The van der Waals surface area contributed by atoms with Crippen molar-refractivity contribution in [2.24, 2.45) is 0 Å². The molecule has 2 heterocycles. The van der Waals surface area contributed by atoms with Gasteiger partial charge in [0.1, 0.15) is 0 Å². The molecule has 0 aromatic carbocycles. The molecule has 18 heavy (non-hydrogen) atoms. The van der Waals surface area contributed by atoms with Crippen molar-refractivity contribution in [1.29, 1.82) is 0 Å². The summed E-state index contributed by atoms with van der Waals surface area (Å²) in [6, 6.07) is 3.98. The van der Waals surface area contributed by atoms with Gasteiger partial charge in [0, 0.05) is 17.4 Å². The summed E-state index contributed by atoms with van der Waals surface area (Å²) in [5.74, 6) is 0. The van der Waals surface area contributed by atoms with Crippen LogP contribution in [0.15, 0.2) is 28.5 Å². The van der Waals surface area contributed by atoms with Gasteiger partial charge in [-0.15, -0.1) is 11.3 Å². The summed E-state index contributed by atoms with van der Waals surface area (Å²) >= 11 is 1.63. The third-order valence-corrected chi connectivity index (χ3v) is 4.23. The van der Waals surface area contributed by atoms with Crippen LogP contribution in [0, 0.1) is 0 Å². The molecule has 0 amide bonds. The second kappa shape index (κ2) is 6.74. The minimum atomic E-state index is 0.169. The Bertz CT molecular complexity index is 541. The maximum atomic E-state index is 12.1. The van der Waals surface area contributed by atoms with Crippen LogP contribution in [0.2, 0.25) is 0 Å². The van der Waals surface area contributed by atoms with Gasteiger partial charge in [-0.05, 0) is 23.9 Å². The highest BCUT2D eigenvalue weighted by molar-refractivity contribution is 7.17. The molecule has 0 atom stereocenters. The van der Waals surface area contributed by atoms with Gasteiger partial charge in [0.15, 0.2) is 0 Å². The Morgan fingerprint density at radius 1 is 1.11 bits per heavy atom. The molecule has 0 aliphatic rings. The Balaban J connectivity index is 1.88. The average molecular weight is 263 g/mol. The van der Waals surface area contributed by atoms with Crippen LogP contribution in [-0.2, 0) is 6.54 Å². The highest BCUT2D eigenvalue weighted by Crippen LogP contribution is 2.16. The van der Waals surface area contributed by atoms with Crippen LogP contribution in [0.25, 0.3) is 10.1 Å². The first-order valence-corrected chi connectivity index (χ1v) is 7.77. The highest BCUT2D eigenvalue weighted by atomic mass is 32.1. The normalized spacial score (nSPS) is 11.2. The molecule has 0 saturated carbocycles. The Morgan fingerprint density at radius 2 is 1.89 bits per heavy atom. The first kappa shape index (κ1) is 13.3. The van der Waals surface area contributed by atoms with Gasteiger partial charge in [0.05, 0.1) is 5.39 Å². The van der Waals surface area contributed by atoms with Gasteiger partial charge in [0.2, 0.25) is 0 Å². The lowest BCUT2D eigenvalue weighted by Gasteiger charge is -2.05. The molecule has 3 heteroatoms. The van der Waals surface area contributed by atoms with Crippen molar-refractivity contribution < 1.29 is 0 Å². The number of aromatic nitrogens is 1. The molecule has 0 radical (unpaired) electrons. The Labute approximate surface area is 112 Å². The summed E-state index contributed by atoms with van der Waals surface area (Å²) in [7, 11) is 0. The number of hydrogen-bond acceptors (Lipinski definition) is 2. The van der Waals surface area contributed by atoms with Crippen molar-refractivity contribution in [3.63, 3.8) is 0 Å². The maximum Gasteiger partial charge on any atom is 0.259 e. The smallest absolute Gasteiger partial charge is 0.259 e. The summed E-state index contributed by atoms with van der Waals surface area (Å²) < 4.78 is 2.95. The van der Waals surface area contributed by atoms with Crippen molar-refractivity contribution in [2.75, 3.05) is 0 Å². The van der Waals surface area contributed by atoms with Crippen molar-refractivity contribution in [3.05, 3.63) is 34.1 Å². The first-order valence-electron chi connectivity index (χ1n) is 6.89. The molecule has 0 bridgehead atoms. The van der Waals surface area contributed by atoms with E-state index in [0.29, 0.717) is 0 Å². The predicted octanol–water partition coefficient (Wildman–Crippen LogP) is 4.42. The third-order valence-electron chi connectivity index (χ3n) is 3.34. The lowest BCUT2D eigenvalue weighted by atomic mass is 10.1. The molecule has 0 spiro atoms. The number of unbranched alkanes of at least 4 members (excludes halogenated alkanes) is 5. The van der Waals surface area contributed by atoms with E-state index in [0.717, 1.165) is 23.1 Å². The van der Waals surface area contributed by atoms with Gasteiger partial charge < -0.3 is 4.57 Å². The fraction of sp³-hybridized carbons (Fsp3) is 0.533. The zero-order valence-electron chi connectivity index (χ0n) is 11.0. The SMILES string of the molecule is CCCCCCCCn1ccc2sccc2c1=O. The van der Waals surface area contributed by atoms with Crippen LogP contribution < -0.4 is 5.56 Å². The topological polar surface area (TPSA) is 22.0 Å². The summed E-state index contributed by atoms with van der Waals surface area (Å²) in [5, 5.41) is 2.86. The van der Waals surface area contributed by atoms with Crippen LogP contribution >= 0.6 is 11.3 Å². The second-order valence-electron chi connectivity index (χ2n) is 4.78. The molecule has 2 rings (SSSR count). The molecule has 2 aromatic heterocycles. The summed E-state index contributed by atoms with van der Waals surface area (Å²) in [5.41, 5.74) is 0.169. The van der Waals surface area contributed by atoms with Crippen LogP contribution in [0.5, 0.6) is 0 Å². The molecule has 0 aliphatic heterocycles. The standard InChI is InChI=1S/C15H21NOS/c1-2-3-4-5-6-7-10-16-11-8-14-13(15(16)17)9-12-18-14/h8-9,11-12H,2-7,10H2,1H3. The van der Waals surface area contributed by atoms with E-state index in [-0.39, 0.29) is 5.56 Å². The van der Waals surface area contributed by atoms with Crippen molar-refractivity contribution in [3.8, 4) is 0 Å². The fourth-order valence-electron chi connectivity index (χ4n) is 2.25. The lowest BCUT2D eigenvalue weighted by Crippen LogP contribution is -2.18. The molecule has 0 aliphatic carbocycles. The first-order chi connectivity index (χ1) is 8.83. The number of pyridine rings is 1. The highest BCUT2D eigenvalue weighted by Gasteiger charge is 2.02. The Hall–Kier alpha value is -1.09. The molecule has 2 aromatic rings. The number of rotatable bonds is 7. The van der Waals surface area contributed by atoms with Gasteiger partial charge in [-0.1, -0.05) is 39.0 Å². The molecular formula is C15H21NOS. The molecule has 0 N–H and O–H groups in total. The quantitative estimate of drug-likeness (QED) is 0.678. The Kier molecular flexibility index (Phi) is 5.00. The van der Waals surface area contributed by atoms with E-state index in [1.54, 1.807) is 11.3 Å².